The van der Waals surface area contributed by atoms with Crippen molar-refractivity contribution in [2.45, 2.75) is 65.1 Å². The minimum absolute atomic E-state index is 0.264. The molecule has 3 atom stereocenters. The van der Waals surface area contributed by atoms with Crippen LogP contribution in [0.1, 0.15) is 59.6 Å². The maximum absolute atomic E-state index is 12.3. The summed E-state index contributed by atoms with van der Waals surface area (Å²) in [6.45, 7) is 14.1. The zero-order valence-electron chi connectivity index (χ0n) is 15.9. The van der Waals surface area contributed by atoms with Gasteiger partial charge in [-0.2, -0.15) is 0 Å². The molecule has 0 bridgehead atoms. The van der Waals surface area contributed by atoms with Gasteiger partial charge in [-0.05, 0) is 52.5 Å². The van der Waals surface area contributed by atoms with E-state index in [0.717, 1.165) is 19.5 Å². The second kappa shape index (κ2) is 7.14. The molecule has 1 aromatic carbocycles. The van der Waals surface area contributed by atoms with Crippen LogP contribution in [-0.4, -0.2) is 35.2 Å². The number of nitrogens with zero attached hydrogens (tertiary/aromatic N) is 1. The molecule has 1 aliphatic rings. The lowest BCUT2D eigenvalue weighted by molar-refractivity contribution is 0.0442. The lowest BCUT2D eigenvalue weighted by Gasteiger charge is -2.33. The highest BCUT2D eigenvalue weighted by Crippen LogP contribution is 2.35. The summed E-state index contributed by atoms with van der Waals surface area (Å²) >= 11 is 0. The summed E-state index contributed by atoms with van der Waals surface area (Å²) in [4.78, 5) is 14.7. The number of alkyl carbamates (subject to hydrolysis) is 1. The van der Waals surface area contributed by atoms with Crippen molar-refractivity contribution < 1.29 is 9.53 Å². The summed E-state index contributed by atoms with van der Waals surface area (Å²) in [5, 5.41) is 3.15. The fraction of sp³-hybridized carbons (Fsp3) is 0.650. The fourth-order valence-electron chi connectivity index (χ4n) is 3.60. The summed E-state index contributed by atoms with van der Waals surface area (Å²) in [5.41, 5.74) is 0.576. The van der Waals surface area contributed by atoms with Crippen LogP contribution in [-0.2, 0) is 4.74 Å². The van der Waals surface area contributed by atoms with Gasteiger partial charge in [-0.3, -0.25) is 4.90 Å². The molecule has 0 radical (unpaired) electrons. The highest BCUT2D eigenvalue weighted by Gasteiger charge is 2.45. The summed E-state index contributed by atoms with van der Waals surface area (Å²) < 4.78 is 5.47. The van der Waals surface area contributed by atoms with E-state index in [9.17, 15) is 4.79 Å². The Labute approximate surface area is 146 Å². The number of likely N-dealkylation sites (tertiary alicyclic amines) is 1. The quantitative estimate of drug-likeness (QED) is 0.890. The van der Waals surface area contributed by atoms with Crippen molar-refractivity contribution in [1.82, 2.24) is 10.2 Å². The van der Waals surface area contributed by atoms with Gasteiger partial charge in [-0.15, -0.1) is 0 Å². The summed E-state index contributed by atoms with van der Waals surface area (Å²) in [6, 6.07) is 10.9. The van der Waals surface area contributed by atoms with Crippen molar-refractivity contribution in [3.8, 4) is 0 Å². The van der Waals surface area contributed by atoms with Gasteiger partial charge in [0.1, 0.15) is 5.60 Å². The van der Waals surface area contributed by atoms with Crippen LogP contribution in [0.5, 0.6) is 0 Å². The Morgan fingerprint density at radius 1 is 1.38 bits per heavy atom. The number of hydrogen-bond donors (Lipinski definition) is 1. The first-order valence-electron chi connectivity index (χ1n) is 8.95. The van der Waals surface area contributed by atoms with Crippen LogP contribution in [0.2, 0.25) is 0 Å². The molecule has 0 saturated carbocycles. The van der Waals surface area contributed by atoms with E-state index in [-0.39, 0.29) is 11.6 Å². The molecule has 1 amide bonds. The molecule has 24 heavy (non-hydrogen) atoms. The summed E-state index contributed by atoms with van der Waals surface area (Å²) in [7, 11) is 0. The summed E-state index contributed by atoms with van der Waals surface area (Å²) in [6.07, 6.45) is 0.710. The standard InChI is InChI=1S/C20H32N2O2/c1-7-17-13-22(15(2)16-11-9-8-10-12-16)14-20(17,6)21-18(23)24-19(3,4)5/h8-12,15,17H,7,13-14H2,1-6H3,(H,21,23)/t15-,17-,20+/m1/s1. The Morgan fingerprint density at radius 2 is 2.00 bits per heavy atom. The zero-order chi connectivity index (χ0) is 18.0. The lowest BCUT2D eigenvalue weighted by atomic mass is 9.87. The number of nitrogens with one attached hydrogen (secondary N) is 1. The molecule has 134 valence electrons. The van der Waals surface area contributed by atoms with E-state index in [2.05, 4.69) is 55.3 Å². The van der Waals surface area contributed by atoms with Crippen molar-refractivity contribution in [3.63, 3.8) is 0 Å². The molecule has 1 aromatic rings. The van der Waals surface area contributed by atoms with Crippen molar-refractivity contribution in [3.05, 3.63) is 35.9 Å². The first-order chi connectivity index (χ1) is 11.1. The monoisotopic (exact) mass is 332 g/mol. The van der Waals surface area contributed by atoms with Crippen molar-refractivity contribution in [2.75, 3.05) is 13.1 Å². The molecule has 2 rings (SSSR count). The maximum atomic E-state index is 12.3. The predicted octanol–water partition coefficient (Wildman–Crippen LogP) is 4.37. The van der Waals surface area contributed by atoms with Gasteiger partial charge in [0, 0.05) is 19.1 Å². The minimum Gasteiger partial charge on any atom is -0.444 e. The average Bonchev–Trinajstić information content (AvgIpc) is 2.81. The van der Waals surface area contributed by atoms with Crippen LogP contribution in [0.25, 0.3) is 0 Å². The molecule has 4 nitrogen and oxygen atoms in total. The lowest BCUT2D eigenvalue weighted by Crippen LogP contribution is -2.53. The van der Waals surface area contributed by atoms with E-state index in [1.54, 1.807) is 0 Å². The number of benzene rings is 1. The molecule has 1 fully saturated rings. The third kappa shape index (κ3) is 4.50. The number of carbonyl (C=O) groups excluding carboxylic acids is 1. The largest absolute Gasteiger partial charge is 0.444 e. The third-order valence-electron chi connectivity index (χ3n) is 5.00. The molecule has 0 spiro atoms. The molecule has 0 aromatic heterocycles. The number of carbonyl (C=O) groups is 1. The fourth-order valence-corrected chi connectivity index (χ4v) is 3.60. The number of rotatable bonds is 4. The van der Waals surface area contributed by atoms with Crippen LogP contribution in [0.4, 0.5) is 4.79 Å². The van der Waals surface area contributed by atoms with E-state index in [4.69, 9.17) is 4.74 Å². The van der Waals surface area contributed by atoms with Gasteiger partial charge in [0.25, 0.3) is 0 Å². The molecule has 1 saturated heterocycles. The van der Waals surface area contributed by atoms with E-state index in [1.165, 1.54) is 5.56 Å². The highest BCUT2D eigenvalue weighted by molar-refractivity contribution is 5.69. The Morgan fingerprint density at radius 3 is 2.54 bits per heavy atom. The van der Waals surface area contributed by atoms with Crippen LogP contribution in [0.15, 0.2) is 30.3 Å². The number of amides is 1. The SMILES string of the molecule is CC[C@@H]1CN([C@H](C)c2ccccc2)C[C@]1(C)NC(=O)OC(C)(C)C. The number of ether oxygens (including phenoxy) is 1. The van der Waals surface area contributed by atoms with Gasteiger partial charge < -0.3 is 10.1 Å². The Balaban J connectivity index is 2.09. The normalized spacial score (nSPS) is 26.2. The maximum Gasteiger partial charge on any atom is 0.408 e. The van der Waals surface area contributed by atoms with Gasteiger partial charge in [-0.25, -0.2) is 4.79 Å². The van der Waals surface area contributed by atoms with Crippen molar-refractivity contribution >= 4 is 6.09 Å². The smallest absolute Gasteiger partial charge is 0.408 e. The third-order valence-corrected chi connectivity index (χ3v) is 5.00. The second-order valence-electron chi connectivity index (χ2n) is 8.17. The number of hydrogen-bond acceptors (Lipinski definition) is 3. The van der Waals surface area contributed by atoms with Gasteiger partial charge >= 0.3 is 6.09 Å². The predicted molar refractivity (Wildman–Crippen MR) is 98.0 cm³/mol. The van der Waals surface area contributed by atoms with E-state index in [1.807, 2.05) is 26.8 Å². The molecule has 1 heterocycles. The minimum atomic E-state index is -0.474. The first kappa shape index (κ1) is 18.8. The highest BCUT2D eigenvalue weighted by atomic mass is 16.6. The van der Waals surface area contributed by atoms with Gasteiger partial charge in [0.05, 0.1) is 5.54 Å². The zero-order valence-corrected chi connectivity index (χ0v) is 15.9. The molecule has 1 aliphatic heterocycles. The van der Waals surface area contributed by atoms with Crippen LogP contribution in [0, 0.1) is 5.92 Å². The molecular formula is C20H32N2O2. The topological polar surface area (TPSA) is 41.6 Å². The molecule has 4 heteroatoms. The molecule has 1 N–H and O–H groups in total. The van der Waals surface area contributed by atoms with Gasteiger partial charge in [0.15, 0.2) is 0 Å². The Kier molecular flexibility index (Phi) is 5.59. The first-order valence-corrected chi connectivity index (χ1v) is 8.95. The van der Waals surface area contributed by atoms with Gasteiger partial charge in [0.2, 0.25) is 0 Å². The van der Waals surface area contributed by atoms with Crippen LogP contribution >= 0.6 is 0 Å². The van der Waals surface area contributed by atoms with Crippen LogP contribution in [0.3, 0.4) is 0 Å². The summed E-state index contributed by atoms with van der Waals surface area (Å²) in [5.74, 6) is 0.413. The van der Waals surface area contributed by atoms with Crippen molar-refractivity contribution in [1.29, 1.82) is 0 Å². The average molecular weight is 332 g/mol. The van der Waals surface area contributed by atoms with Crippen LogP contribution < -0.4 is 5.32 Å². The van der Waals surface area contributed by atoms with Crippen molar-refractivity contribution in [2.24, 2.45) is 5.92 Å². The second-order valence-corrected chi connectivity index (χ2v) is 8.17. The molecular weight excluding hydrogens is 300 g/mol. The van der Waals surface area contributed by atoms with E-state index < -0.39 is 5.60 Å². The van der Waals surface area contributed by atoms with E-state index >= 15 is 0 Å². The molecule has 0 aliphatic carbocycles. The van der Waals surface area contributed by atoms with E-state index in [0.29, 0.717) is 12.0 Å². The Hall–Kier alpha value is -1.55. The Bertz CT molecular complexity index is 553. The van der Waals surface area contributed by atoms with Gasteiger partial charge in [-0.1, -0.05) is 37.3 Å². The molecule has 0 unspecified atom stereocenters.